The van der Waals surface area contributed by atoms with Crippen molar-refractivity contribution < 1.29 is 15.3 Å². The molecule has 0 fully saturated rings. The van der Waals surface area contributed by atoms with E-state index in [9.17, 15) is 0 Å². The molecule has 0 aliphatic rings. The van der Waals surface area contributed by atoms with Gasteiger partial charge in [-0.3, -0.25) is 0 Å². The Kier molecular flexibility index (Phi) is 4.69. The third-order valence-corrected chi connectivity index (χ3v) is 1.50. The smallest absolute Gasteiger partial charge is 0.105 e. The maximum atomic E-state index is 8.83. The average Bonchev–Trinajstić information content (AvgIpc) is 1.84. The van der Waals surface area contributed by atoms with Gasteiger partial charge in [0.2, 0.25) is 0 Å². The lowest BCUT2D eigenvalue weighted by molar-refractivity contribution is -0.00506. The molecule has 56 valence electrons. The molecule has 0 aromatic heterocycles. The van der Waals surface area contributed by atoms with Gasteiger partial charge in [0.1, 0.15) is 12.2 Å². The Morgan fingerprint density at radius 3 is 1.78 bits per heavy atom. The van der Waals surface area contributed by atoms with E-state index < -0.39 is 23.4 Å². The summed E-state index contributed by atoms with van der Waals surface area (Å²) in [6.07, 6.45) is -2.23. The van der Waals surface area contributed by atoms with Gasteiger partial charge in [-0.25, -0.2) is 0 Å². The highest BCUT2D eigenvalue weighted by Gasteiger charge is 2.19. The first kappa shape index (κ1) is 9.58. The molecule has 0 aromatic rings. The fraction of sp³-hybridized carbons (Fsp3) is 1.00. The van der Waals surface area contributed by atoms with E-state index in [4.69, 9.17) is 15.3 Å². The molecule has 0 heterocycles. The first-order valence-electron chi connectivity index (χ1n) is 2.42. The maximum absolute atomic E-state index is 8.83. The van der Waals surface area contributed by atoms with Crippen LogP contribution in [0.4, 0.5) is 0 Å². The molecule has 0 saturated carbocycles. The van der Waals surface area contributed by atoms with Crippen molar-refractivity contribution >= 4 is 25.3 Å². The summed E-state index contributed by atoms with van der Waals surface area (Å²) in [6.45, 7) is -0.473. The Hall–Kier alpha value is 0.580. The molecule has 0 radical (unpaired) electrons. The van der Waals surface area contributed by atoms with Crippen LogP contribution in [0.5, 0.6) is 0 Å². The van der Waals surface area contributed by atoms with Crippen LogP contribution in [-0.4, -0.2) is 38.7 Å². The average molecular weight is 170 g/mol. The summed E-state index contributed by atoms with van der Waals surface area (Å²) in [5, 5.41) is 25.8. The largest absolute Gasteiger partial charge is 0.394 e. The Labute approximate surface area is 64.5 Å². The van der Waals surface area contributed by atoms with E-state index in [1.165, 1.54) is 0 Å². The molecule has 0 aliphatic heterocycles. The van der Waals surface area contributed by atoms with Gasteiger partial charge >= 0.3 is 0 Å². The van der Waals surface area contributed by atoms with E-state index in [1.54, 1.807) is 0 Å². The summed E-state index contributed by atoms with van der Waals surface area (Å²) in [5.41, 5.74) is 0. The van der Waals surface area contributed by atoms with E-state index >= 15 is 0 Å². The highest BCUT2D eigenvalue weighted by Crippen LogP contribution is 2.09. The van der Waals surface area contributed by atoms with Crippen LogP contribution in [0.3, 0.4) is 0 Å². The molecule has 0 aromatic carbocycles. The van der Waals surface area contributed by atoms with Crippen molar-refractivity contribution in [1.29, 1.82) is 0 Å². The predicted octanol–water partition coefficient (Wildman–Crippen LogP) is -1.11. The normalized spacial score (nSPS) is 18.0. The first-order chi connectivity index (χ1) is 4.09. The molecular formula is C4H10O3S2. The number of aliphatic hydroxyl groups is 3. The second-order valence-electron chi connectivity index (χ2n) is 1.65. The van der Waals surface area contributed by atoms with E-state index in [2.05, 4.69) is 25.3 Å². The topological polar surface area (TPSA) is 60.7 Å². The van der Waals surface area contributed by atoms with Gasteiger partial charge in [-0.1, -0.05) is 0 Å². The lowest BCUT2D eigenvalue weighted by Gasteiger charge is -2.16. The molecule has 3 nitrogen and oxygen atoms in total. The van der Waals surface area contributed by atoms with E-state index in [1.807, 2.05) is 0 Å². The van der Waals surface area contributed by atoms with Gasteiger partial charge in [-0.2, -0.15) is 25.3 Å². The van der Waals surface area contributed by atoms with Gasteiger partial charge in [0, 0.05) is 0 Å². The third-order valence-electron chi connectivity index (χ3n) is 0.887. The van der Waals surface area contributed by atoms with Crippen LogP contribution >= 0.6 is 25.3 Å². The molecular weight excluding hydrogens is 160 g/mol. The Morgan fingerprint density at radius 1 is 1.22 bits per heavy atom. The van der Waals surface area contributed by atoms with Gasteiger partial charge in [-0.15, -0.1) is 0 Å². The lowest BCUT2D eigenvalue weighted by atomic mass is 10.2. The van der Waals surface area contributed by atoms with Crippen LogP contribution in [0, 0.1) is 0 Å². The minimum atomic E-state index is -1.15. The maximum Gasteiger partial charge on any atom is 0.105 e. The van der Waals surface area contributed by atoms with Crippen LogP contribution in [0.25, 0.3) is 0 Å². The van der Waals surface area contributed by atoms with Crippen LogP contribution < -0.4 is 0 Å². The van der Waals surface area contributed by atoms with Crippen molar-refractivity contribution in [2.24, 2.45) is 0 Å². The molecule has 9 heavy (non-hydrogen) atoms. The lowest BCUT2D eigenvalue weighted by Crippen LogP contribution is -2.34. The minimum Gasteiger partial charge on any atom is -0.394 e. The van der Waals surface area contributed by atoms with Gasteiger partial charge in [-0.05, 0) is 0 Å². The molecule has 0 bridgehead atoms. The zero-order valence-electron chi connectivity index (χ0n) is 4.68. The summed E-state index contributed by atoms with van der Waals surface area (Å²) in [6, 6.07) is 0. The summed E-state index contributed by atoms with van der Waals surface area (Å²) in [4.78, 5) is 0. The van der Waals surface area contributed by atoms with E-state index in [0.29, 0.717) is 0 Å². The highest BCUT2D eigenvalue weighted by molar-refractivity contribution is 7.99. The van der Waals surface area contributed by atoms with E-state index in [0.717, 1.165) is 0 Å². The van der Waals surface area contributed by atoms with E-state index in [-0.39, 0.29) is 0 Å². The zero-order chi connectivity index (χ0) is 7.44. The van der Waals surface area contributed by atoms with Gasteiger partial charge in [0.05, 0.1) is 11.2 Å². The third kappa shape index (κ3) is 3.32. The SMILES string of the molecule is OC[C@@H](O)[C@@H](O)C(S)S. The summed E-state index contributed by atoms with van der Waals surface area (Å²) in [7, 11) is 0. The number of rotatable bonds is 3. The summed E-state index contributed by atoms with van der Waals surface area (Å²) < 4.78 is -0.618. The standard InChI is InChI=1S/C4H10O3S2/c5-1-2(6)3(7)4(8)9/h2-9H,1H2/t2-,3-/m1/s1. The van der Waals surface area contributed by atoms with Crippen molar-refractivity contribution in [3.8, 4) is 0 Å². The Bertz CT molecular complexity index is 78.2. The van der Waals surface area contributed by atoms with Crippen molar-refractivity contribution in [3.05, 3.63) is 0 Å². The van der Waals surface area contributed by atoms with Crippen molar-refractivity contribution in [1.82, 2.24) is 0 Å². The number of hydrogen-bond acceptors (Lipinski definition) is 5. The molecule has 0 spiro atoms. The van der Waals surface area contributed by atoms with Crippen LogP contribution in [0.2, 0.25) is 0 Å². The van der Waals surface area contributed by atoms with Gasteiger partial charge in [0.15, 0.2) is 0 Å². The van der Waals surface area contributed by atoms with Crippen molar-refractivity contribution in [3.63, 3.8) is 0 Å². The first-order valence-corrected chi connectivity index (χ1v) is 3.46. The highest BCUT2D eigenvalue weighted by atomic mass is 32.2. The monoisotopic (exact) mass is 170 g/mol. The Balaban J connectivity index is 3.58. The molecule has 0 amide bonds. The zero-order valence-corrected chi connectivity index (χ0v) is 6.46. The molecule has 2 atom stereocenters. The van der Waals surface area contributed by atoms with Gasteiger partial charge in [0.25, 0.3) is 0 Å². The molecule has 5 heteroatoms. The number of thiol groups is 2. The second-order valence-corrected chi connectivity index (χ2v) is 3.17. The minimum absolute atomic E-state index is 0.473. The second kappa shape index (κ2) is 4.40. The molecule has 0 aliphatic carbocycles. The molecule has 0 saturated heterocycles. The quantitative estimate of drug-likeness (QED) is 0.276. The fourth-order valence-corrected chi connectivity index (χ4v) is 0.704. The fourth-order valence-electron chi connectivity index (χ4n) is 0.307. The van der Waals surface area contributed by atoms with Crippen molar-refractivity contribution in [2.45, 2.75) is 16.8 Å². The number of hydrogen-bond donors (Lipinski definition) is 5. The summed E-state index contributed by atoms with van der Waals surface area (Å²) in [5.74, 6) is 0. The number of aliphatic hydroxyl groups excluding tert-OH is 3. The molecule has 3 N–H and O–H groups in total. The molecule has 0 unspecified atom stereocenters. The van der Waals surface area contributed by atoms with Crippen LogP contribution in [0.15, 0.2) is 0 Å². The predicted molar refractivity (Wildman–Crippen MR) is 40.9 cm³/mol. The van der Waals surface area contributed by atoms with Crippen LogP contribution in [0.1, 0.15) is 0 Å². The van der Waals surface area contributed by atoms with Gasteiger partial charge < -0.3 is 15.3 Å². The Morgan fingerprint density at radius 2 is 1.67 bits per heavy atom. The molecule has 0 rings (SSSR count). The van der Waals surface area contributed by atoms with Crippen molar-refractivity contribution in [2.75, 3.05) is 6.61 Å². The summed E-state index contributed by atoms with van der Waals surface area (Å²) >= 11 is 7.46. The van der Waals surface area contributed by atoms with Crippen LogP contribution in [-0.2, 0) is 0 Å².